The number of benzene rings is 1. The first-order chi connectivity index (χ1) is 10.2. The third-order valence-electron chi connectivity index (χ3n) is 4.19. The molecule has 0 aromatic heterocycles. The van der Waals surface area contributed by atoms with E-state index in [1.54, 1.807) is 4.90 Å². The van der Waals surface area contributed by atoms with Crippen LogP contribution in [0.3, 0.4) is 0 Å². The summed E-state index contributed by atoms with van der Waals surface area (Å²) in [4.78, 5) is 25.6. The Balaban J connectivity index is 1.72. The standard InChI is InChI=1S/C16H19NO4/c18-6-7-21-16(20)13-9-15(19)17(10-13)14-5-4-11-2-1-3-12(11)8-14/h4-5,8,13,18H,1-3,6-7,9-10H2. The highest BCUT2D eigenvalue weighted by Gasteiger charge is 2.36. The minimum atomic E-state index is -0.433. The number of rotatable bonds is 4. The zero-order valence-corrected chi connectivity index (χ0v) is 11.9. The van der Waals surface area contributed by atoms with Crippen LogP contribution in [0.4, 0.5) is 5.69 Å². The Morgan fingerprint density at radius 2 is 2.14 bits per heavy atom. The Bertz CT molecular complexity index is 569. The number of ether oxygens (including phenoxy) is 1. The van der Waals surface area contributed by atoms with Crippen LogP contribution in [0.25, 0.3) is 0 Å². The molecule has 1 aromatic carbocycles. The highest BCUT2D eigenvalue weighted by Crippen LogP contribution is 2.30. The maximum atomic E-state index is 12.1. The fourth-order valence-electron chi connectivity index (χ4n) is 3.11. The van der Waals surface area contributed by atoms with Gasteiger partial charge in [-0.2, -0.15) is 0 Å². The molecule has 3 rings (SSSR count). The van der Waals surface area contributed by atoms with E-state index in [0.717, 1.165) is 18.5 Å². The van der Waals surface area contributed by atoms with Crippen LogP contribution >= 0.6 is 0 Å². The van der Waals surface area contributed by atoms with Crippen LogP contribution in [0.15, 0.2) is 18.2 Å². The summed E-state index contributed by atoms with van der Waals surface area (Å²) in [7, 11) is 0. The molecule has 0 spiro atoms. The topological polar surface area (TPSA) is 66.8 Å². The lowest BCUT2D eigenvalue weighted by atomic mass is 10.1. The quantitative estimate of drug-likeness (QED) is 0.842. The molecule has 21 heavy (non-hydrogen) atoms. The average Bonchev–Trinajstić information content (AvgIpc) is 3.10. The van der Waals surface area contributed by atoms with Crippen molar-refractivity contribution in [3.8, 4) is 0 Å². The summed E-state index contributed by atoms with van der Waals surface area (Å²) in [5, 5.41) is 8.67. The molecule has 1 fully saturated rings. The van der Waals surface area contributed by atoms with Crippen LogP contribution in [0.1, 0.15) is 24.0 Å². The molecule has 5 nitrogen and oxygen atoms in total. The van der Waals surface area contributed by atoms with E-state index in [1.807, 2.05) is 6.07 Å². The van der Waals surface area contributed by atoms with Gasteiger partial charge in [-0.15, -0.1) is 0 Å². The second kappa shape index (κ2) is 5.85. The summed E-state index contributed by atoms with van der Waals surface area (Å²) in [6.07, 6.45) is 3.52. The third kappa shape index (κ3) is 2.78. The highest BCUT2D eigenvalue weighted by molar-refractivity contribution is 5.99. The van der Waals surface area contributed by atoms with Crippen LogP contribution in [-0.2, 0) is 27.2 Å². The van der Waals surface area contributed by atoms with E-state index in [2.05, 4.69) is 12.1 Å². The van der Waals surface area contributed by atoms with Crippen molar-refractivity contribution in [3.05, 3.63) is 29.3 Å². The fourth-order valence-corrected chi connectivity index (χ4v) is 3.11. The molecule has 1 unspecified atom stereocenters. The zero-order valence-electron chi connectivity index (χ0n) is 11.9. The molecule has 0 saturated carbocycles. The summed E-state index contributed by atoms with van der Waals surface area (Å²) >= 11 is 0. The van der Waals surface area contributed by atoms with Gasteiger partial charge in [0.15, 0.2) is 0 Å². The first-order valence-electron chi connectivity index (χ1n) is 7.38. The van der Waals surface area contributed by atoms with E-state index in [-0.39, 0.29) is 25.5 Å². The summed E-state index contributed by atoms with van der Waals surface area (Å²) in [6.45, 7) is 0.158. The van der Waals surface area contributed by atoms with E-state index in [9.17, 15) is 9.59 Å². The molecule has 1 heterocycles. The van der Waals surface area contributed by atoms with E-state index < -0.39 is 11.9 Å². The number of esters is 1. The zero-order chi connectivity index (χ0) is 14.8. The van der Waals surface area contributed by atoms with Crippen molar-refractivity contribution in [2.45, 2.75) is 25.7 Å². The second-order valence-corrected chi connectivity index (χ2v) is 5.60. The lowest BCUT2D eigenvalue weighted by molar-refractivity contribution is -0.149. The monoisotopic (exact) mass is 289 g/mol. The predicted molar refractivity (Wildman–Crippen MR) is 77.0 cm³/mol. The molecule has 2 aliphatic rings. The number of fused-ring (bicyclic) bond motifs is 1. The van der Waals surface area contributed by atoms with Crippen molar-refractivity contribution in [1.82, 2.24) is 0 Å². The molecule has 5 heteroatoms. The molecule has 1 N–H and O–H groups in total. The Kier molecular flexibility index (Phi) is 3.92. The highest BCUT2D eigenvalue weighted by atomic mass is 16.5. The summed E-state index contributed by atoms with van der Waals surface area (Å²) in [5.41, 5.74) is 3.55. The predicted octanol–water partition coefficient (Wildman–Crippen LogP) is 1.06. The molecular formula is C16H19NO4. The van der Waals surface area contributed by atoms with Gasteiger partial charge in [-0.25, -0.2) is 0 Å². The molecule has 1 aliphatic carbocycles. The molecule has 0 bridgehead atoms. The second-order valence-electron chi connectivity index (χ2n) is 5.60. The number of carbonyl (C=O) groups is 2. The first kappa shape index (κ1) is 14.1. The molecule has 1 aliphatic heterocycles. The van der Waals surface area contributed by atoms with Crippen LogP contribution in [-0.4, -0.2) is 36.7 Å². The minimum absolute atomic E-state index is 0.0115. The SMILES string of the molecule is O=C(OCCO)C1CC(=O)N(c2ccc3c(c2)CCC3)C1. The number of carbonyl (C=O) groups excluding carboxylic acids is 2. The number of aliphatic hydroxyl groups is 1. The van der Waals surface area contributed by atoms with Gasteiger partial charge in [-0.3, -0.25) is 9.59 Å². The van der Waals surface area contributed by atoms with E-state index in [1.165, 1.54) is 17.5 Å². The van der Waals surface area contributed by atoms with Crippen molar-refractivity contribution >= 4 is 17.6 Å². The first-order valence-corrected chi connectivity index (χ1v) is 7.38. The van der Waals surface area contributed by atoms with Crippen LogP contribution in [0.2, 0.25) is 0 Å². The van der Waals surface area contributed by atoms with Crippen LogP contribution in [0.5, 0.6) is 0 Å². The number of aryl methyl sites for hydroxylation is 2. The van der Waals surface area contributed by atoms with E-state index in [4.69, 9.17) is 9.84 Å². The third-order valence-corrected chi connectivity index (χ3v) is 4.19. The Hall–Kier alpha value is -1.88. The van der Waals surface area contributed by atoms with Gasteiger partial charge in [0.2, 0.25) is 5.91 Å². The van der Waals surface area contributed by atoms with E-state index in [0.29, 0.717) is 6.54 Å². The minimum Gasteiger partial charge on any atom is -0.463 e. The fraction of sp³-hybridized carbons (Fsp3) is 0.500. The van der Waals surface area contributed by atoms with Gasteiger partial charge in [0.25, 0.3) is 0 Å². The molecule has 1 saturated heterocycles. The molecule has 1 amide bonds. The van der Waals surface area contributed by atoms with Crippen molar-refractivity contribution in [3.63, 3.8) is 0 Å². The number of hydrogen-bond acceptors (Lipinski definition) is 4. The summed E-state index contributed by atoms with van der Waals surface area (Å²) in [5.74, 6) is -0.878. The smallest absolute Gasteiger partial charge is 0.311 e. The number of amides is 1. The maximum Gasteiger partial charge on any atom is 0.311 e. The lowest BCUT2D eigenvalue weighted by Gasteiger charge is -2.17. The lowest BCUT2D eigenvalue weighted by Crippen LogP contribution is -2.26. The van der Waals surface area contributed by atoms with Crippen molar-refractivity contribution in [2.24, 2.45) is 5.92 Å². The van der Waals surface area contributed by atoms with E-state index >= 15 is 0 Å². The normalized spacial score (nSPS) is 20.7. The Morgan fingerprint density at radius 3 is 2.95 bits per heavy atom. The molecule has 1 aromatic rings. The number of aliphatic hydroxyl groups excluding tert-OH is 1. The Labute approximate surface area is 123 Å². The van der Waals surface area contributed by atoms with Crippen LogP contribution < -0.4 is 4.90 Å². The molecular weight excluding hydrogens is 270 g/mol. The van der Waals surface area contributed by atoms with Gasteiger partial charge in [-0.05, 0) is 42.5 Å². The van der Waals surface area contributed by atoms with Crippen molar-refractivity contribution < 1.29 is 19.4 Å². The summed E-state index contributed by atoms with van der Waals surface area (Å²) < 4.78 is 4.91. The van der Waals surface area contributed by atoms with Gasteiger partial charge < -0.3 is 14.7 Å². The molecule has 0 radical (unpaired) electrons. The Morgan fingerprint density at radius 1 is 1.33 bits per heavy atom. The van der Waals surface area contributed by atoms with Crippen molar-refractivity contribution in [1.29, 1.82) is 0 Å². The van der Waals surface area contributed by atoms with Gasteiger partial charge in [0, 0.05) is 18.7 Å². The number of hydrogen-bond donors (Lipinski definition) is 1. The molecule has 112 valence electrons. The van der Waals surface area contributed by atoms with Crippen molar-refractivity contribution in [2.75, 3.05) is 24.7 Å². The van der Waals surface area contributed by atoms with Gasteiger partial charge in [0.05, 0.1) is 12.5 Å². The van der Waals surface area contributed by atoms with Gasteiger partial charge in [0.1, 0.15) is 6.61 Å². The van der Waals surface area contributed by atoms with Crippen LogP contribution in [0, 0.1) is 5.92 Å². The van der Waals surface area contributed by atoms with Gasteiger partial charge >= 0.3 is 5.97 Å². The number of anilines is 1. The average molecular weight is 289 g/mol. The van der Waals surface area contributed by atoms with Gasteiger partial charge in [-0.1, -0.05) is 6.07 Å². The summed E-state index contributed by atoms with van der Waals surface area (Å²) in [6, 6.07) is 6.12. The molecule has 1 atom stereocenters. The largest absolute Gasteiger partial charge is 0.463 e. The number of nitrogens with zero attached hydrogens (tertiary/aromatic N) is 1. The maximum absolute atomic E-state index is 12.1.